The van der Waals surface area contributed by atoms with Gasteiger partial charge in [-0.25, -0.2) is 4.98 Å². The molecule has 108 valence electrons. The van der Waals surface area contributed by atoms with Crippen LogP contribution in [-0.4, -0.2) is 32.1 Å². The zero-order valence-electron chi connectivity index (χ0n) is 11.7. The van der Waals surface area contributed by atoms with Crippen LogP contribution in [0.15, 0.2) is 35.3 Å². The van der Waals surface area contributed by atoms with E-state index in [1.807, 2.05) is 29.9 Å². The number of hydrogen-bond donors (Lipinski definition) is 1. The van der Waals surface area contributed by atoms with Crippen molar-refractivity contribution in [2.75, 3.05) is 7.05 Å². The normalized spacial score (nSPS) is 11.0. The van der Waals surface area contributed by atoms with Crippen molar-refractivity contribution in [2.24, 2.45) is 7.05 Å². The molecule has 0 saturated carbocycles. The summed E-state index contributed by atoms with van der Waals surface area (Å²) in [5.41, 5.74) is 3.43. The highest BCUT2D eigenvalue weighted by molar-refractivity contribution is 9.10. The van der Waals surface area contributed by atoms with E-state index in [4.69, 9.17) is 0 Å². The molecule has 0 aliphatic rings. The number of halogens is 1. The number of pyridine rings is 1. The molecule has 0 saturated heterocycles. The first kappa shape index (κ1) is 13.8. The van der Waals surface area contributed by atoms with E-state index in [2.05, 4.69) is 31.3 Å². The quantitative estimate of drug-likeness (QED) is 0.785. The predicted octanol–water partition coefficient (Wildman–Crippen LogP) is 1.78. The molecule has 7 heteroatoms. The van der Waals surface area contributed by atoms with Gasteiger partial charge in [-0.1, -0.05) is 0 Å². The van der Waals surface area contributed by atoms with Gasteiger partial charge in [0.05, 0.1) is 11.3 Å². The lowest BCUT2D eigenvalue weighted by molar-refractivity contribution is 0.0962. The first-order valence-corrected chi connectivity index (χ1v) is 7.24. The monoisotopic (exact) mass is 347 g/mol. The van der Waals surface area contributed by atoms with Gasteiger partial charge in [0.2, 0.25) is 0 Å². The van der Waals surface area contributed by atoms with E-state index < -0.39 is 0 Å². The van der Waals surface area contributed by atoms with Gasteiger partial charge in [-0.3, -0.25) is 9.48 Å². The molecule has 3 rings (SSSR count). The van der Waals surface area contributed by atoms with E-state index in [0.717, 1.165) is 21.5 Å². The van der Waals surface area contributed by atoms with Crippen LogP contribution in [-0.2, 0) is 13.5 Å². The average molecular weight is 348 g/mol. The van der Waals surface area contributed by atoms with Gasteiger partial charge < -0.3 is 9.72 Å². The van der Waals surface area contributed by atoms with Gasteiger partial charge >= 0.3 is 0 Å². The van der Waals surface area contributed by atoms with E-state index in [-0.39, 0.29) is 5.91 Å². The van der Waals surface area contributed by atoms with Crippen molar-refractivity contribution >= 4 is 27.5 Å². The number of nitrogens with zero attached hydrogens (tertiary/aromatic N) is 4. The third-order valence-corrected chi connectivity index (χ3v) is 3.88. The lowest BCUT2D eigenvalue weighted by atomic mass is 10.2. The molecule has 3 aromatic rings. The number of rotatable bonds is 3. The third-order valence-electron chi connectivity index (χ3n) is 3.21. The maximum absolute atomic E-state index is 11.6. The van der Waals surface area contributed by atoms with Crippen LogP contribution in [0.4, 0.5) is 0 Å². The number of hydrogen-bond acceptors (Lipinski definition) is 3. The minimum absolute atomic E-state index is 0.109. The van der Waals surface area contributed by atoms with Gasteiger partial charge in [0.15, 0.2) is 0 Å². The van der Waals surface area contributed by atoms with E-state index >= 15 is 0 Å². The van der Waals surface area contributed by atoms with Gasteiger partial charge in [-0.05, 0) is 28.1 Å². The molecule has 3 heterocycles. The minimum atomic E-state index is -0.109. The fourth-order valence-electron chi connectivity index (χ4n) is 2.23. The highest BCUT2D eigenvalue weighted by Crippen LogP contribution is 2.18. The molecule has 0 bridgehead atoms. The largest absolute Gasteiger partial charge is 0.355 e. The van der Waals surface area contributed by atoms with Gasteiger partial charge in [0, 0.05) is 44.7 Å². The molecule has 0 aromatic carbocycles. The maximum Gasteiger partial charge on any atom is 0.252 e. The molecule has 1 N–H and O–H groups in total. The van der Waals surface area contributed by atoms with Crippen molar-refractivity contribution in [1.29, 1.82) is 0 Å². The SMILES string of the molecule is CNC(=O)c1ccc2nc(Cc3cn(C)nc3Br)cn2c1. The van der Waals surface area contributed by atoms with Crippen molar-refractivity contribution in [3.05, 3.63) is 52.1 Å². The van der Waals surface area contributed by atoms with Crippen LogP contribution in [0.5, 0.6) is 0 Å². The van der Waals surface area contributed by atoms with Crippen molar-refractivity contribution in [2.45, 2.75) is 6.42 Å². The Hall–Kier alpha value is -2.15. The number of carbonyl (C=O) groups is 1. The second-order valence-electron chi connectivity index (χ2n) is 4.79. The fourth-order valence-corrected chi connectivity index (χ4v) is 2.72. The first-order valence-electron chi connectivity index (χ1n) is 6.44. The second-order valence-corrected chi connectivity index (χ2v) is 5.54. The highest BCUT2D eigenvalue weighted by Gasteiger charge is 2.10. The van der Waals surface area contributed by atoms with Crippen LogP contribution in [0.3, 0.4) is 0 Å². The molecule has 0 aliphatic heterocycles. The number of imidazole rings is 1. The molecule has 0 atom stereocenters. The van der Waals surface area contributed by atoms with E-state index in [0.29, 0.717) is 12.0 Å². The molecule has 0 radical (unpaired) electrons. The second kappa shape index (κ2) is 5.33. The molecule has 1 amide bonds. The summed E-state index contributed by atoms with van der Waals surface area (Å²) < 4.78 is 4.46. The summed E-state index contributed by atoms with van der Waals surface area (Å²) in [5.74, 6) is -0.109. The summed E-state index contributed by atoms with van der Waals surface area (Å²) in [6, 6.07) is 3.61. The summed E-state index contributed by atoms with van der Waals surface area (Å²) in [5, 5.41) is 6.87. The molecule has 0 fully saturated rings. The fraction of sp³-hybridized carbons (Fsp3) is 0.214. The van der Waals surface area contributed by atoms with Crippen LogP contribution in [0.1, 0.15) is 21.6 Å². The molecule has 0 unspecified atom stereocenters. The Morgan fingerprint density at radius 2 is 2.14 bits per heavy atom. The van der Waals surface area contributed by atoms with E-state index in [1.54, 1.807) is 24.0 Å². The number of aryl methyl sites for hydroxylation is 1. The van der Waals surface area contributed by atoms with Crippen LogP contribution in [0.2, 0.25) is 0 Å². The molecule has 0 aliphatic carbocycles. The number of fused-ring (bicyclic) bond motifs is 1. The number of aromatic nitrogens is 4. The van der Waals surface area contributed by atoms with Gasteiger partial charge in [0.1, 0.15) is 10.3 Å². The smallest absolute Gasteiger partial charge is 0.252 e. The molecule has 0 spiro atoms. The van der Waals surface area contributed by atoms with Gasteiger partial charge in [0.25, 0.3) is 5.91 Å². The Kier molecular flexibility index (Phi) is 3.50. The molecule has 21 heavy (non-hydrogen) atoms. The van der Waals surface area contributed by atoms with Crippen molar-refractivity contribution < 1.29 is 4.79 Å². The van der Waals surface area contributed by atoms with Crippen molar-refractivity contribution in [3.8, 4) is 0 Å². The van der Waals surface area contributed by atoms with E-state index in [1.165, 1.54) is 0 Å². The lowest BCUT2D eigenvalue weighted by Gasteiger charge is -1.99. The molecular weight excluding hydrogens is 334 g/mol. The zero-order chi connectivity index (χ0) is 15.0. The predicted molar refractivity (Wildman–Crippen MR) is 82.3 cm³/mol. The Morgan fingerprint density at radius 3 is 2.81 bits per heavy atom. The van der Waals surface area contributed by atoms with Gasteiger partial charge in [-0.2, -0.15) is 5.10 Å². The summed E-state index contributed by atoms with van der Waals surface area (Å²) in [6.07, 6.45) is 6.36. The Labute approximate surface area is 129 Å². The van der Waals surface area contributed by atoms with Crippen molar-refractivity contribution in [1.82, 2.24) is 24.5 Å². The van der Waals surface area contributed by atoms with Gasteiger partial charge in [-0.15, -0.1) is 0 Å². The average Bonchev–Trinajstić information content (AvgIpc) is 3.00. The third kappa shape index (κ3) is 2.69. The van der Waals surface area contributed by atoms with Crippen LogP contribution >= 0.6 is 15.9 Å². The Morgan fingerprint density at radius 1 is 1.33 bits per heavy atom. The minimum Gasteiger partial charge on any atom is -0.355 e. The number of nitrogens with one attached hydrogen (secondary N) is 1. The van der Waals surface area contributed by atoms with Crippen LogP contribution in [0.25, 0.3) is 5.65 Å². The summed E-state index contributed by atoms with van der Waals surface area (Å²) >= 11 is 3.44. The Balaban J connectivity index is 1.94. The summed E-state index contributed by atoms with van der Waals surface area (Å²) in [7, 11) is 3.50. The lowest BCUT2D eigenvalue weighted by Crippen LogP contribution is -2.18. The zero-order valence-corrected chi connectivity index (χ0v) is 13.3. The van der Waals surface area contributed by atoms with Crippen molar-refractivity contribution in [3.63, 3.8) is 0 Å². The summed E-state index contributed by atoms with van der Waals surface area (Å²) in [6.45, 7) is 0. The number of carbonyl (C=O) groups excluding carboxylic acids is 1. The van der Waals surface area contributed by atoms with Crippen LogP contribution < -0.4 is 5.32 Å². The van der Waals surface area contributed by atoms with Crippen LogP contribution in [0, 0.1) is 0 Å². The topological polar surface area (TPSA) is 64.2 Å². The Bertz CT molecular complexity index is 820. The summed E-state index contributed by atoms with van der Waals surface area (Å²) in [4.78, 5) is 16.2. The van der Waals surface area contributed by atoms with E-state index in [9.17, 15) is 4.79 Å². The first-order chi connectivity index (χ1) is 10.1. The molecule has 6 nitrogen and oxygen atoms in total. The maximum atomic E-state index is 11.6. The highest BCUT2D eigenvalue weighted by atomic mass is 79.9. The number of amides is 1. The standard InChI is InChI=1S/C14H14BrN5O/c1-16-14(21)9-3-4-12-17-11(8-20(12)7-9)5-10-6-19(2)18-13(10)15/h3-4,6-8H,5H2,1-2H3,(H,16,21). The molecular formula is C14H14BrN5O. The molecule has 3 aromatic heterocycles.